The van der Waals surface area contributed by atoms with Crippen molar-refractivity contribution in [2.45, 2.75) is 64.8 Å². The van der Waals surface area contributed by atoms with Gasteiger partial charge in [-0.3, -0.25) is 4.79 Å². The molecule has 0 bridgehead atoms. The van der Waals surface area contributed by atoms with E-state index in [1.165, 1.54) is 33.8 Å². The number of rotatable bonds is 6. The summed E-state index contributed by atoms with van der Waals surface area (Å²) in [6.45, 7) is 4.58. The highest BCUT2D eigenvalue weighted by atomic mass is 32.2. The van der Waals surface area contributed by atoms with Gasteiger partial charge in [-0.1, -0.05) is 25.1 Å². The SMILES string of the molecule is CCC(NC(=O)C1CCCN(S(=O)(=O)CC)C1)c1ccc2c(c1)CCCC2. The van der Waals surface area contributed by atoms with E-state index in [9.17, 15) is 13.2 Å². The Morgan fingerprint density at radius 2 is 1.93 bits per heavy atom. The lowest BCUT2D eigenvalue weighted by molar-refractivity contribution is -0.126. The van der Waals surface area contributed by atoms with E-state index < -0.39 is 10.0 Å². The van der Waals surface area contributed by atoms with Crippen molar-refractivity contribution >= 4 is 15.9 Å². The van der Waals surface area contributed by atoms with Crippen molar-refractivity contribution in [2.24, 2.45) is 5.92 Å². The molecule has 1 aliphatic heterocycles. The first-order valence-corrected chi connectivity index (χ1v) is 12.0. The monoisotopic (exact) mass is 392 g/mol. The second-order valence-corrected chi connectivity index (χ2v) is 10.1. The van der Waals surface area contributed by atoms with Crippen LogP contribution < -0.4 is 5.32 Å². The summed E-state index contributed by atoms with van der Waals surface area (Å²) in [5.41, 5.74) is 4.03. The molecule has 6 heteroatoms. The molecule has 1 aromatic rings. The van der Waals surface area contributed by atoms with E-state index in [-0.39, 0.29) is 23.6 Å². The van der Waals surface area contributed by atoms with E-state index in [0.29, 0.717) is 13.1 Å². The van der Waals surface area contributed by atoms with Crippen molar-refractivity contribution < 1.29 is 13.2 Å². The van der Waals surface area contributed by atoms with Gasteiger partial charge in [0, 0.05) is 13.1 Å². The molecule has 1 saturated heterocycles. The smallest absolute Gasteiger partial charge is 0.224 e. The second kappa shape index (κ2) is 8.74. The van der Waals surface area contributed by atoms with Crippen molar-refractivity contribution in [1.82, 2.24) is 9.62 Å². The summed E-state index contributed by atoms with van der Waals surface area (Å²) in [6.07, 6.45) is 7.11. The predicted molar refractivity (Wildman–Crippen MR) is 108 cm³/mol. The molecular formula is C21H32N2O3S. The lowest BCUT2D eigenvalue weighted by Gasteiger charge is -2.32. The second-order valence-electron chi connectivity index (χ2n) is 7.80. The number of amides is 1. The van der Waals surface area contributed by atoms with Crippen molar-refractivity contribution in [2.75, 3.05) is 18.8 Å². The van der Waals surface area contributed by atoms with E-state index in [1.807, 2.05) is 0 Å². The fourth-order valence-electron chi connectivity index (χ4n) is 4.27. The Labute approximate surface area is 163 Å². The Hall–Kier alpha value is -1.40. The summed E-state index contributed by atoms with van der Waals surface area (Å²) >= 11 is 0. The molecule has 1 heterocycles. The number of nitrogens with one attached hydrogen (secondary N) is 1. The molecule has 0 spiro atoms. The van der Waals surface area contributed by atoms with Crippen molar-refractivity contribution in [3.63, 3.8) is 0 Å². The number of fused-ring (bicyclic) bond motifs is 1. The number of benzene rings is 1. The Morgan fingerprint density at radius 3 is 2.63 bits per heavy atom. The minimum atomic E-state index is -3.23. The summed E-state index contributed by atoms with van der Waals surface area (Å²) in [5.74, 6) is -0.184. The number of sulfonamides is 1. The molecule has 2 atom stereocenters. The minimum absolute atomic E-state index is 0.0112. The number of carbonyl (C=O) groups is 1. The van der Waals surface area contributed by atoms with E-state index in [2.05, 4.69) is 30.4 Å². The third-order valence-electron chi connectivity index (χ3n) is 6.01. The summed E-state index contributed by atoms with van der Waals surface area (Å²) in [7, 11) is -3.23. The number of hydrogen-bond donors (Lipinski definition) is 1. The largest absolute Gasteiger partial charge is 0.349 e. The molecule has 1 amide bonds. The molecule has 2 aliphatic rings. The Balaban J connectivity index is 1.68. The first kappa shape index (κ1) is 20.3. The fraction of sp³-hybridized carbons (Fsp3) is 0.667. The zero-order valence-corrected chi connectivity index (χ0v) is 17.4. The number of nitrogens with zero attached hydrogens (tertiary/aromatic N) is 1. The van der Waals surface area contributed by atoms with Crippen LogP contribution in [0.1, 0.15) is 68.7 Å². The number of aryl methyl sites for hydroxylation is 2. The van der Waals surface area contributed by atoms with Gasteiger partial charge in [-0.25, -0.2) is 12.7 Å². The van der Waals surface area contributed by atoms with E-state index in [4.69, 9.17) is 0 Å². The zero-order chi connectivity index (χ0) is 19.4. The maximum Gasteiger partial charge on any atom is 0.224 e. The average Bonchev–Trinajstić information content (AvgIpc) is 2.71. The van der Waals surface area contributed by atoms with Crippen LogP contribution in [0.5, 0.6) is 0 Å². The number of hydrogen-bond acceptors (Lipinski definition) is 3. The summed E-state index contributed by atoms with van der Waals surface area (Å²) in [4.78, 5) is 12.9. The number of carbonyl (C=O) groups excluding carboxylic acids is 1. The van der Waals surface area contributed by atoms with E-state index >= 15 is 0 Å². The molecule has 0 radical (unpaired) electrons. The predicted octanol–water partition coefficient (Wildman–Crippen LogP) is 3.19. The Kier molecular flexibility index (Phi) is 6.58. The zero-order valence-electron chi connectivity index (χ0n) is 16.5. The normalized spacial score (nSPS) is 22.1. The maximum atomic E-state index is 12.9. The molecular weight excluding hydrogens is 360 g/mol. The van der Waals surface area contributed by atoms with E-state index in [1.54, 1.807) is 6.92 Å². The Bertz CT molecular complexity index is 776. The average molecular weight is 393 g/mol. The van der Waals surface area contributed by atoms with Gasteiger partial charge >= 0.3 is 0 Å². The first-order valence-electron chi connectivity index (χ1n) is 10.3. The molecule has 2 unspecified atom stereocenters. The van der Waals surface area contributed by atoms with Crippen LogP contribution in [0.25, 0.3) is 0 Å². The summed E-state index contributed by atoms with van der Waals surface area (Å²) in [6, 6.07) is 6.61. The first-order chi connectivity index (χ1) is 12.9. The molecule has 1 fully saturated rings. The molecule has 27 heavy (non-hydrogen) atoms. The molecule has 3 rings (SSSR count). The summed E-state index contributed by atoms with van der Waals surface area (Å²) < 4.78 is 25.8. The quantitative estimate of drug-likeness (QED) is 0.808. The third-order valence-corrected chi connectivity index (χ3v) is 7.86. The van der Waals surface area contributed by atoms with Gasteiger partial charge in [0.1, 0.15) is 0 Å². The topological polar surface area (TPSA) is 66.5 Å². The van der Waals surface area contributed by atoms with Gasteiger partial charge in [-0.05, 0) is 68.6 Å². The van der Waals surface area contributed by atoms with Gasteiger partial charge in [-0.15, -0.1) is 0 Å². The van der Waals surface area contributed by atoms with Crippen LogP contribution in [-0.2, 0) is 27.7 Å². The van der Waals surface area contributed by atoms with Gasteiger partial charge < -0.3 is 5.32 Å². The molecule has 1 N–H and O–H groups in total. The molecule has 5 nitrogen and oxygen atoms in total. The van der Waals surface area contributed by atoms with Crippen molar-refractivity contribution in [3.8, 4) is 0 Å². The third kappa shape index (κ3) is 4.72. The summed E-state index contributed by atoms with van der Waals surface area (Å²) in [5, 5.41) is 3.19. The van der Waals surface area contributed by atoms with Crippen LogP contribution in [0.15, 0.2) is 18.2 Å². The molecule has 1 aromatic carbocycles. The lowest BCUT2D eigenvalue weighted by atomic mass is 9.88. The lowest BCUT2D eigenvalue weighted by Crippen LogP contribution is -2.46. The molecule has 150 valence electrons. The molecule has 1 aliphatic carbocycles. The van der Waals surface area contributed by atoms with Gasteiger partial charge in [0.15, 0.2) is 0 Å². The van der Waals surface area contributed by atoms with Crippen LogP contribution >= 0.6 is 0 Å². The minimum Gasteiger partial charge on any atom is -0.349 e. The fourth-order valence-corrected chi connectivity index (χ4v) is 5.45. The standard InChI is InChI=1S/C21H32N2O3S/c1-3-20(18-12-11-16-8-5-6-9-17(16)14-18)22-21(24)19-10-7-13-23(15-19)27(25,26)4-2/h11-12,14,19-20H,3-10,13,15H2,1-2H3,(H,22,24). The molecule has 0 saturated carbocycles. The van der Waals surface area contributed by atoms with Gasteiger partial charge in [-0.2, -0.15) is 0 Å². The van der Waals surface area contributed by atoms with Gasteiger partial charge in [0.05, 0.1) is 17.7 Å². The highest BCUT2D eigenvalue weighted by molar-refractivity contribution is 7.89. The van der Waals surface area contributed by atoms with Crippen molar-refractivity contribution in [1.29, 1.82) is 0 Å². The highest BCUT2D eigenvalue weighted by Crippen LogP contribution is 2.27. The van der Waals surface area contributed by atoms with Crippen LogP contribution in [0.4, 0.5) is 0 Å². The van der Waals surface area contributed by atoms with Gasteiger partial charge in [0.25, 0.3) is 0 Å². The molecule has 0 aromatic heterocycles. The van der Waals surface area contributed by atoms with Crippen molar-refractivity contribution in [3.05, 3.63) is 34.9 Å². The van der Waals surface area contributed by atoms with Crippen LogP contribution in [0, 0.1) is 5.92 Å². The van der Waals surface area contributed by atoms with E-state index in [0.717, 1.165) is 32.1 Å². The highest BCUT2D eigenvalue weighted by Gasteiger charge is 2.32. The van der Waals surface area contributed by atoms with Crippen LogP contribution in [-0.4, -0.2) is 37.5 Å². The van der Waals surface area contributed by atoms with Crippen LogP contribution in [0.3, 0.4) is 0 Å². The number of piperidine rings is 1. The van der Waals surface area contributed by atoms with Crippen LogP contribution in [0.2, 0.25) is 0 Å². The Morgan fingerprint density at radius 1 is 1.19 bits per heavy atom. The maximum absolute atomic E-state index is 12.9. The van der Waals surface area contributed by atoms with Gasteiger partial charge in [0.2, 0.25) is 15.9 Å².